The SMILES string of the molecule is CCCCCN1CC=C[C@]23S[C@@]4(C)C=CCN(C)C(=O)[C@H]4[C@H]2C(=O)N([C@@H](CC)CO)C3C1=O. The number of aliphatic hydroxyl groups is 1. The molecule has 0 aromatic heterocycles. The van der Waals surface area contributed by atoms with Gasteiger partial charge in [-0.25, -0.2) is 0 Å². The summed E-state index contributed by atoms with van der Waals surface area (Å²) in [5.74, 6) is -1.46. The molecule has 2 saturated heterocycles. The molecule has 4 aliphatic rings. The van der Waals surface area contributed by atoms with E-state index in [4.69, 9.17) is 0 Å². The van der Waals surface area contributed by atoms with Gasteiger partial charge in [0.2, 0.25) is 17.7 Å². The Hall–Kier alpha value is -1.80. The summed E-state index contributed by atoms with van der Waals surface area (Å²) in [4.78, 5) is 46.9. The molecule has 0 aromatic carbocycles. The Morgan fingerprint density at radius 1 is 1.06 bits per heavy atom. The summed E-state index contributed by atoms with van der Waals surface area (Å²) in [6, 6.07) is -1.16. The molecule has 1 unspecified atom stereocenters. The van der Waals surface area contributed by atoms with Crippen molar-refractivity contribution in [2.24, 2.45) is 11.8 Å². The van der Waals surface area contributed by atoms with E-state index in [9.17, 15) is 19.5 Å². The zero-order chi connectivity index (χ0) is 24.0. The molecule has 4 rings (SSSR count). The number of nitrogens with zero attached hydrogens (tertiary/aromatic N) is 3. The van der Waals surface area contributed by atoms with Crippen molar-refractivity contribution < 1.29 is 19.5 Å². The molecule has 4 aliphatic heterocycles. The van der Waals surface area contributed by atoms with Crippen LogP contribution in [0.15, 0.2) is 24.3 Å². The molecular formula is C25H37N3O4S. The normalized spacial score (nSPS) is 36.6. The van der Waals surface area contributed by atoms with Crippen molar-refractivity contribution in [3.05, 3.63) is 24.3 Å². The maximum Gasteiger partial charge on any atom is 0.247 e. The van der Waals surface area contributed by atoms with Crippen molar-refractivity contribution in [2.75, 3.05) is 33.3 Å². The number of unbranched alkanes of at least 4 members (excludes halogenated alkanes) is 2. The molecule has 182 valence electrons. The number of carbonyl (C=O) groups is 3. The monoisotopic (exact) mass is 475 g/mol. The Labute approximate surface area is 201 Å². The van der Waals surface area contributed by atoms with Crippen LogP contribution in [-0.4, -0.2) is 92.4 Å². The van der Waals surface area contributed by atoms with E-state index in [0.29, 0.717) is 26.1 Å². The summed E-state index contributed by atoms with van der Waals surface area (Å²) in [5.41, 5.74) is 0. The molecule has 4 heterocycles. The van der Waals surface area contributed by atoms with Crippen LogP contribution in [0.4, 0.5) is 0 Å². The summed E-state index contributed by atoms with van der Waals surface area (Å²) in [5, 5.41) is 10.1. The fraction of sp³-hybridized carbons (Fsp3) is 0.720. The van der Waals surface area contributed by atoms with Gasteiger partial charge in [-0.05, 0) is 19.8 Å². The number of thioether (sulfide) groups is 1. The highest BCUT2D eigenvalue weighted by molar-refractivity contribution is 8.02. The van der Waals surface area contributed by atoms with Gasteiger partial charge in [0.25, 0.3) is 0 Å². The van der Waals surface area contributed by atoms with Crippen LogP contribution in [0.3, 0.4) is 0 Å². The van der Waals surface area contributed by atoms with Crippen LogP contribution in [-0.2, 0) is 14.4 Å². The van der Waals surface area contributed by atoms with Crippen LogP contribution in [0.25, 0.3) is 0 Å². The molecule has 8 heteroatoms. The first-order valence-electron chi connectivity index (χ1n) is 12.3. The molecule has 7 nitrogen and oxygen atoms in total. The third-order valence-electron chi connectivity index (χ3n) is 7.89. The Kier molecular flexibility index (Phi) is 6.71. The highest BCUT2D eigenvalue weighted by atomic mass is 32.2. The maximum atomic E-state index is 14.1. The first-order valence-corrected chi connectivity index (χ1v) is 13.1. The highest BCUT2D eigenvalue weighted by Gasteiger charge is 2.74. The summed E-state index contributed by atoms with van der Waals surface area (Å²) in [6.45, 7) is 7.57. The van der Waals surface area contributed by atoms with Gasteiger partial charge >= 0.3 is 0 Å². The molecule has 0 saturated carbocycles. The van der Waals surface area contributed by atoms with Crippen molar-refractivity contribution >= 4 is 29.5 Å². The standard InChI is InChI=1S/C25H37N3O4S/c1-5-7-8-14-27-15-10-12-25-19(18-21(30)26(4)13-9-11-24(18,3)33-25)22(31)28(17(6-2)16-29)20(25)23(27)32/h9-12,17-20,29H,5-8,13-16H2,1-4H3/t17-,18+,19-,20?,24-,25-/m0/s1. The minimum atomic E-state index is -0.826. The Bertz CT molecular complexity index is 872. The van der Waals surface area contributed by atoms with Gasteiger partial charge in [-0.1, -0.05) is 51.0 Å². The van der Waals surface area contributed by atoms with Gasteiger partial charge in [-0.15, -0.1) is 11.8 Å². The number of likely N-dealkylation sites (N-methyl/N-ethyl adjacent to an activating group) is 1. The number of amides is 3. The molecule has 6 atom stereocenters. The summed E-state index contributed by atoms with van der Waals surface area (Å²) >= 11 is 1.60. The van der Waals surface area contributed by atoms with E-state index in [2.05, 4.69) is 13.0 Å². The molecule has 2 fully saturated rings. The molecule has 33 heavy (non-hydrogen) atoms. The zero-order valence-electron chi connectivity index (χ0n) is 20.2. The van der Waals surface area contributed by atoms with Crippen molar-refractivity contribution in [3.63, 3.8) is 0 Å². The average molecular weight is 476 g/mol. The van der Waals surface area contributed by atoms with E-state index < -0.39 is 33.4 Å². The molecule has 1 N–H and O–H groups in total. The van der Waals surface area contributed by atoms with Crippen LogP contribution in [0, 0.1) is 11.8 Å². The van der Waals surface area contributed by atoms with Gasteiger partial charge < -0.3 is 19.8 Å². The lowest BCUT2D eigenvalue weighted by Crippen LogP contribution is -2.56. The van der Waals surface area contributed by atoms with E-state index in [1.807, 2.05) is 37.0 Å². The smallest absolute Gasteiger partial charge is 0.247 e. The van der Waals surface area contributed by atoms with E-state index in [0.717, 1.165) is 19.3 Å². The second-order valence-electron chi connectivity index (χ2n) is 10.0. The minimum Gasteiger partial charge on any atom is -0.394 e. The number of rotatable bonds is 7. The second kappa shape index (κ2) is 9.10. The molecule has 0 bridgehead atoms. The Balaban J connectivity index is 1.83. The molecule has 0 radical (unpaired) electrons. The number of hydrogen-bond donors (Lipinski definition) is 1. The van der Waals surface area contributed by atoms with Gasteiger partial charge in [0, 0.05) is 31.4 Å². The number of aliphatic hydroxyl groups excluding tert-OH is 1. The Morgan fingerprint density at radius 2 is 1.79 bits per heavy atom. The van der Waals surface area contributed by atoms with Crippen molar-refractivity contribution in [1.29, 1.82) is 0 Å². The fourth-order valence-corrected chi connectivity index (χ4v) is 8.33. The summed E-state index contributed by atoms with van der Waals surface area (Å²) < 4.78 is -1.40. The summed E-state index contributed by atoms with van der Waals surface area (Å²) in [7, 11) is 1.77. The fourth-order valence-electron chi connectivity index (χ4n) is 6.19. The van der Waals surface area contributed by atoms with E-state index in [1.165, 1.54) is 0 Å². The van der Waals surface area contributed by atoms with Gasteiger partial charge in [0.1, 0.15) is 6.04 Å². The molecule has 1 spiro atoms. The predicted octanol–water partition coefficient (Wildman–Crippen LogP) is 2.06. The van der Waals surface area contributed by atoms with Gasteiger partial charge in [0.05, 0.1) is 29.2 Å². The number of carbonyl (C=O) groups excluding carboxylic acids is 3. The number of likely N-dealkylation sites (tertiary alicyclic amines) is 1. The van der Waals surface area contributed by atoms with E-state index in [1.54, 1.807) is 28.6 Å². The highest BCUT2D eigenvalue weighted by Crippen LogP contribution is 2.65. The molecular weight excluding hydrogens is 438 g/mol. The van der Waals surface area contributed by atoms with Crippen LogP contribution < -0.4 is 0 Å². The van der Waals surface area contributed by atoms with Crippen LogP contribution in [0.1, 0.15) is 46.5 Å². The Morgan fingerprint density at radius 3 is 2.45 bits per heavy atom. The number of fused-ring (bicyclic) bond motifs is 2. The minimum absolute atomic E-state index is 0.0484. The molecule has 0 aliphatic carbocycles. The zero-order valence-corrected chi connectivity index (χ0v) is 21.0. The van der Waals surface area contributed by atoms with Crippen molar-refractivity contribution in [2.45, 2.75) is 68.0 Å². The van der Waals surface area contributed by atoms with Gasteiger partial charge in [-0.3, -0.25) is 14.4 Å². The van der Waals surface area contributed by atoms with Gasteiger partial charge in [0.15, 0.2) is 0 Å². The third kappa shape index (κ3) is 3.64. The topological polar surface area (TPSA) is 81.2 Å². The lowest BCUT2D eigenvalue weighted by atomic mass is 9.74. The van der Waals surface area contributed by atoms with Crippen molar-refractivity contribution in [3.8, 4) is 0 Å². The van der Waals surface area contributed by atoms with E-state index >= 15 is 0 Å². The van der Waals surface area contributed by atoms with Crippen LogP contribution >= 0.6 is 11.8 Å². The number of hydrogen-bond acceptors (Lipinski definition) is 5. The quantitative estimate of drug-likeness (QED) is 0.450. The van der Waals surface area contributed by atoms with E-state index in [-0.39, 0.29) is 24.3 Å². The maximum absolute atomic E-state index is 14.1. The van der Waals surface area contributed by atoms with Gasteiger partial charge in [-0.2, -0.15) is 0 Å². The average Bonchev–Trinajstić information content (AvgIpc) is 3.07. The van der Waals surface area contributed by atoms with Crippen molar-refractivity contribution in [1.82, 2.24) is 14.7 Å². The van der Waals surface area contributed by atoms with Crippen LogP contribution in [0.2, 0.25) is 0 Å². The summed E-state index contributed by atoms with van der Waals surface area (Å²) in [6.07, 6.45) is 11.7. The molecule has 3 amide bonds. The molecule has 0 aromatic rings. The lowest BCUT2D eigenvalue weighted by molar-refractivity contribution is -0.147. The first kappa shape index (κ1) is 24.3. The first-order chi connectivity index (χ1) is 15.8. The predicted molar refractivity (Wildman–Crippen MR) is 130 cm³/mol. The second-order valence-corrected chi connectivity index (χ2v) is 11.8. The largest absolute Gasteiger partial charge is 0.394 e. The lowest BCUT2D eigenvalue weighted by Gasteiger charge is -2.39. The van der Waals surface area contributed by atoms with Crippen LogP contribution in [0.5, 0.6) is 0 Å². The third-order valence-corrected chi connectivity index (χ3v) is 9.68.